The molecule has 1 aromatic rings. The van der Waals surface area contributed by atoms with Gasteiger partial charge in [0.15, 0.2) is 12.0 Å². The largest absolute Gasteiger partial charge is 0.503 e. The Balaban J connectivity index is 2.24. The number of likely N-dealkylation sites (tertiary alicyclic amines) is 1. The molecule has 0 aromatic carbocycles. The molecule has 6 nitrogen and oxygen atoms in total. The number of aromatic nitrogens is 1. The second-order valence-electron chi connectivity index (χ2n) is 5.29. The molecule has 2 rings (SSSR count). The minimum Gasteiger partial charge on any atom is -0.503 e. The zero-order chi connectivity index (χ0) is 16.5. The second kappa shape index (κ2) is 5.99. The number of rotatable bonds is 3. The number of hydrogen-bond donors (Lipinski definition) is 2. The Morgan fingerprint density at radius 1 is 1.45 bits per heavy atom. The highest BCUT2D eigenvalue weighted by atomic mass is 19.4. The van der Waals surface area contributed by atoms with Gasteiger partial charge in [0.05, 0.1) is 12.1 Å². The highest BCUT2D eigenvalue weighted by Gasteiger charge is 2.43. The van der Waals surface area contributed by atoms with Crippen molar-refractivity contribution >= 4 is 6.29 Å². The number of nitrogens with zero attached hydrogens (tertiary/aromatic N) is 2. The zero-order valence-corrected chi connectivity index (χ0v) is 11.8. The van der Waals surface area contributed by atoms with E-state index in [0.717, 1.165) is 10.7 Å². The van der Waals surface area contributed by atoms with Crippen molar-refractivity contribution in [2.45, 2.75) is 25.2 Å². The highest BCUT2D eigenvalue weighted by Crippen LogP contribution is 2.35. The van der Waals surface area contributed by atoms with Crippen LogP contribution in [0.5, 0.6) is 5.75 Å². The molecule has 0 radical (unpaired) electrons. The molecule has 0 amide bonds. The summed E-state index contributed by atoms with van der Waals surface area (Å²) in [4.78, 5) is 24.0. The van der Waals surface area contributed by atoms with Crippen LogP contribution in [-0.2, 0) is 0 Å². The topological polar surface area (TPSA) is 74.6 Å². The zero-order valence-electron chi connectivity index (χ0n) is 11.8. The molecular weight excluding hydrogens is 303 g/mol. The first-order valence-electron chi connectivity index (χ1n) is 6.67. The van der Waals surface area contributed by atoms with E-state index in [9.17, 15) is 27.9 Å². The Labute approximate surface area is 124 Å². The summed E-state index contributed by atoms with van der Waals surface area (Å²) in [7, 11) is 1.66. The van der Waals surface area contributed by atoms with Crippen LogP contribution in [0.4, 0.5) is 13.2 Å². The summed E-state index contributed by atoms with van der Waals surface area (Å²) in [5.41, 5.74) is 1.68. The molecule has 9 heteroatoms. The smallest absolute Gasteiger partial charge is 0.391 e. The SMILES string of the molecule is CN1CC[C@@H](C(F)(F)F)C[C@H]1Nn1ccc(=O)c(O)c1C=O. The lowest BCUT2D eigenvalue weighted by Crippen LogP contribution is -2.50. The number of piperidine rings is 1. The summed E-state index contributed by atoms with van der Waals surface area (Å²) < 4.78 is 39.6. The van der Waals surface area contributed by atoms with E-state index in [0.29, 0.717) is 0 Å². The maximum Gasteiger partial charge on any atom is 0.391 e. The van der Waals surface area contributed by atoms with Crippen molar-refractivity contribution in [2.24, 2.45) is 5.92 Å². The summed E-state index contributed by atoms with van der Waals surface area (Å²) in [6, 6.07) is 1.03. The molecule has 2 N–H and O–H groups in total. The van der Waals surface area contributed by atoms with Crippen molar-refractivity contribution in [3.05, 3.63) is 28.2 Å². The third-order valence-electron chi connectivity index (χ3n) is 3.84. The first-order chi connectivity index (χ1) is 10.2. The van der Waals surface area contributed by atoms with E-state index < -0.39 is 29.4 Å². The maximum absolute atomic E-state index is 12.9. The quantitative estimate of drug-likeness (QED) is 0.817. The molecule has 1 aliphatic rings. The van der Waals surface area contributed by atoms with Crippen LogP contribution in [0, 0.1) is 5.92 Å². The number of carbonyl (C=O) groups excluding carboxylic acids is 1. The molecule has 1 fully saturated rings. The Morgan fingerprint density at radius 3 is 2.73 bits per heavy atom. The van der Waals surface area contributed by atoms with Crippen LogP contribution >= 0.6 is 0 Å². The number of aldehydes is 1. The summed E-state index contributed by atoms with van der Waals surface area (Å²) >= 11 is 0. The number of carbonyl (C=O) groups is 1. The third-order valence-corrected chi connectivity index (χ3v) is 3.84. The van der Waals surface area contributed by atoms with Gasteiger partial charge < -0.3 is 10.5 Å². The van der Waals surface area contributed by atoms with Gasteiger partial charge in [-0.1, -0.05) is 0 Å². The molecule has 1 aromatic heterocycles. The molecule has 0 aliphatic carbocycles. The Kier molecular flexibility index (Phi) is 4.45. The fraction of sp³-hybridized carbons (Fsp3) is 0.538. The van der Waals surface area contributed by atoms with Crippen molar-refractivity contribution in [2.75, 3.05) is 19.0 Å². The van der Waals surface area contributed by atoms with Crippen LogP contribution in [0.25, 0.3) is 0 Å². The monoisotopic (exact) mass is 319 g/mol. The fourth-order valence-electron chi connectivity index (χ4n) is 2.46. The lowest BCUT2D eigenvalue weighted by Gasteiger charge is -2.39. The van der Waals surface area contributed by atoms with Crippen molar-refractivity contribution in [1.82, 2.24) is 9.58 Å². The van der Waals surface area contributed by atoms with E-state index in [-0.39, 0.29) is 31.4 Å². The average Bonchev–Trinajstić information content (AvgIpc) is 2.44. The Hall–Kier alpha value is -2.03. The van der Waals surface area contributed by atoms with Crippen LogP contribution in [0.2, 0.25) is 0 Å². The lowest BCUT2D eigenvalue weighted by atomic mass is 9.94. The van der Waals surface area contributed by atoms with Gasteiger partial charge in [0.25, 0.3) is 0 Å². The second-order valence-corrected chi connectivity index (χ2v) is 5.29. The fourth-order valence-corrected chi connectivity index (χ4v) is 2.46. The van der Waals surface area contributed by atoms with Gasteiger partial charge in [0.2, 0.25) is 5.43 Å². The van der Waals surface area contributed by atoms with E-state index in [4.69, 9.17) is 0 Å². The van der Waals surface area contributed by atoms with E-state index in [1.165, 1.54) is 6.20 Å². The van der Waals surface area contributed by atoms with E-state index in [1.807, 2.05) is 0 Å². The van der Waals surface area contributed by atoms with Gasteiger partial charge in [-0.3, -0.25) is 19.2 Å². The normalized spacial score (nSPS) is 23.3. The molecule has 0 unspecified atom stereocenters. The average molecular weight is 319 g/mol. The van der Waals surface area contributed by atoms with Gasteiger partial charge >= 0.3 is 6.18 Å². The molecule has 1 saturated heterocycles. The first-order valence-corrected chi connectivity index (χ1v) is 6.67. The minimum absolute atomic E-state index is 0.00807. The van der Waals surface area contributed by atoms with Crippen LogP contribution in [0.1, 0.15) is 23.3 Å². The molecule has 0 bridgehead atoms. The van der Waals surface area contributed by atoms with Gasteiger partial charge in [0.1, 0.15) is 5.69 Å². The van der Waals surface area contributed by atoms with Crippen molar-refractivity contribution in [3.8, 4) is 5.75 Å². The summed E-state index contributed by atoms with van der Waals surface area (Å²) in [5.74, 6) is -2.18. The predicted molar refractivity (Wildman–Crippen MR) is 72.3 cm³/mol. The number of alkyl halides is 3. The molecule has 0 saturated carbocycles. The number of hydrogen-bond acceptors (Lipinski definition) is 5. The number of pyridine rings is 1. The predicted octanol–water partition coefficient (Wildman–Crippen LogP) is 1.14. The first kappa shape index (κ1) is 16.3. The van der Waals surface area contributed by atoms with Crippen molar-refractivity contribution in [1.29, 1.82) is 0 Å². The Bertz CT molecular complexity index is 615. The molecule has 22 heavy (non-hydrogen) atoms. The van der Waals surface area contributed by atoms with Gasteiger partial charge in [-0.2, -0.15) is 13.2 Å². The van der Waals surface area contributed by atoms with Crippen LogP contribution in [0.3, 0.4) is 0 Å². The van der Waals surface area contributed by atoms with Crippen LogP contribution < -0.4 is 10.9 Å². The summed E-state index contributed by atoms with van der Waals surface area (Å²) in [6.45, 7) is 0.241. The third kappa shape index (κ3) is 3.24. The van der Waals surface area contributed by atoms with Crippen molar-refractivity contribution in [3.63, 3.8) is 0 Å². The number of nitrogens with one attached hydrogen (secondary N) is 1. The number of halogens is 3. The molecule has 1 aliphatic heterocycles. The molecular formula is C13H16F3N3O3. The van der Waals surface area contributed by atoms with Gasteiger partial charge in [-0.15, -0.1) is 0 Å². The standard InChI is InChI=1S/C13H16F3N3O3/c1-18-4-2-8(13(14,15)16)6-11(18)17-19-5-3-10(21)12(22)9(19)7-20/h3,5,7-8,11,17,22H,2,4,6H2,1H3/t8-,11+/m1/s1. The van der Waals surface area contributed by atoms with E-state index in [2.05, 4.69) is 5.43 Å². The molecule has 122 valence electrons. The highest BCUT2D eigenvalue weighted by molar-refractivity contribution is 5.76. The van der Waals surface area contributed by atoms with Gasteiger partial charge in [-0.25, -0.2) is 0 Å². The van der Waals surface area contributed by atoms with Gasteiger partial charge in [-0.05, 0) is 19.9 Å². The van der Waals surface area contributed by atoms with Crippen LogP contribution in [-0.4, -0.2) is 46.9 Å². The number of aromatic hydroxyl groups is 1. The van der Waals surface area contributed by atoms with E-state index >= 15 is 0 Å². The summed E-state index contributed by atoms with van der Waals surface area (Å²) in [6.07, 6.45) is -3.66. The molecule has 2 heterocycles. The van der Waals surface area contributed by atoms with E-state index in [1.54, 1.807) is 11.9 Å². The van der Waals surface area contributed by atoms with Gasteiger partial charge in [0, 0.05) is 18.8 Å². The maximum atomic E-state index is 12.9. The summed E-state index contributed by atoms with van der Waals surface area (Å²) in [5, 5.41) is 9.56. The Morgan fingerprint density at radius 2 is 2.14 bits per heavy atom. The molecule has 0 spiro atoms. The molecule has 2 atom stereocenters. The lowest BCUT2D eigenvalue weighted by molar-refractivity contribution is -0.188. The van der Waals surface area contributed by atoms with Crippen molar-refractivity contribution < 1.29 is 23.1 Å². The minimum atomic E-state index is -4.28. The van der Waals surface area contributed by atoms with Crippen LogP contribution in [0.15, 0.2) is 17.1 Å².